The van der Waals surface area contributed by atoms with E-state index >= 15 is 0 Å². The third kappa shape index (κ3) is 3.01. The van der Waals surface area contributed by atoms with Crippen LogP contribution in [-0.2, 0) is 21.2 Å². The highest BCUT2D eigenvalue weighted by molar-refractivity contribution is 7.90. The molecule has 0 spiro atoms. The maximum Gasteiger partial charge on any atom is 0.251 e. The van der Waals surface area contributed by atoms with Gasteiger partial charge in [0.2, 0.25) is 0 Å². The highest BCUT2D eigenvalue weighted by Gasteiger charge is 2.29. The molecule has 0 aliphatic heterocycles. The summed E-state index contributed by atoms with van der Waals surface area (Å²) in [5.41, 5.74) is 0.932. The molecule has 1 aromatic heterocycles. The lowest BCUT2D eigenvalue weighted by molar-refractivity contribution is -0.119. The van der Waals surface area contributed by atoms with Crippen LogP contribution in [0, 0.1) is 5.92 Å². The number of nitrogens with zero attached hydrogens (tertiary/aromatic N) is 2. The zero-order valence-electron chi connectivity index (χ0n) is 12.6. The lowest BCUT2D eigenvalue weighted by Gasteiger charge is -2.03. The summed E-state index contributed by atoms with van der Waals surface area (Å²) in [5.74, 6) is 0.0339. The molecule has 1 amide bonds. The number of hydrogen-bond acceptors (Lipinski definition) is 4. The number of benzene rings is 1. The standard InChI is InChI=1S/C15H18N2O3S2/c1-3-8-17-12-7-6-11(22(2,19)20)9-13(12)21-15(17)16-14(18)10-4-5-10/h6-7,9-10H,3-5,8H2,1-2H3. The van der Waals surface area contributed by atoms with E-state index in [-0.39, 0.29) is 11.8 Å². The monoisotopic (exact) mass is 338 g/mol. The van der Waals surface area contributed by atoms with Crippen molar-refractivity contribution in [2.45, 2.75) is 37.6 Å². The van der Waals surface area contributed by atoms with Gasteiger partial charge in [-0.1, -0.05) is 18.3 Å². The Morgan fingerprint density at radius 2 is 2.14 bits per heavy atom. The maximum atomic E-state index is 12.0. The van der Waals surface area contributed by atoms with Gasteiger partial charge in [-0.3, -0.25) is 4.79 Å². The van der Waals surface area contributed by atoms with Gasteiger partial charge in [0, 0.05) is 18.7 Å². The molecule has 1 aromatic carbocycles. The predicted molar refractivity (Wildman–Crippen MR) is 86.5 cm³/mol. The van der Waals surface area contributed by atoms with Crippen molar-refractivity contribution in [1.29, 1.82) is 0 Å². The summed E-state index contributed by atoms with van der Waals surface area (Å²) in [4.78, 5) is 17.2. The molecule has 1 saturated carbocycles. The minimum absolute atomic E-state index is 0.0558. The summed E-state index contributed by atoms with van der Waals surface area (Å²) >= 11 is 1.38. The number of rotatable bonds is 4. The molecule has 1 fully saturated rings. The Balaban J connectivity index is 2.18. The van der Waals surface area contributed by atoms with E-state index in [9.17, 15) is 13.2 Å². The molecule has 2 aromatic rings. The second-order valence-electron chi connectivity index (χ2n) is 5.66. The molecule has 0 saturated heterocycles. The van der Waals surface area contributed by atoms with Gasteiger partial charge in [-0.05, 0) is 37.5 Å². The van der Waals surface area contributed by atoms with Crippen LogP contribution >= 0.6 is 11.3 Å². The van der Waals surface area contributed by atoms with Crippen LogP contribution in [0.15, 0.2) is 28.1 Å². The minimum Gasteiger partial charge on any atom is -0.316 e. The third-order valence-electron chi connectivity index (χ3n) is 3.66. The van der Waals surface area contributed by atoms with Crippen LogP contribution in [0.3, 0.4) is 0 Å². The van der Waals surface area contributed by atoms with Crippen molar-refractivity contribution >= 4 is 37.3 Å². The first-order valence-electron chi connectivity index (χ1n) is 7.32. The first kappa shape index (κ1) is 15.4. The minimum atomic E-state index is -3.24. The van der Waals surface area contributed by atoms with E-state index in [1.807, 2.05) is 4.57 Å². The fraction of sp³-hybridized carbons (Fsp3) is 0.467. The molecule has 3 rings (SSSR count). The average Bonchev–Trinajstić information content (AvgIpc) is 3.23. The van der Waals surface area contributed by atoms with Crippen LogP contribution in [0.5, 0.6) is 0 Å². The number of fused-ring (bicyclic) bond motifs is 1. The Morgan fingerprint density at radius 3 is 2.73 bits per heavy atom. The summed E-state index contributed by atoms with van der Waals surface area (Å²) in [7, 11) is -3.24. The normalized spacial score (nSPS) is 16.4. The van der Waals surface area contributed by atoms with Gasteiger partial charge in [-0.2, -0.15) is 4.99 Å². The van der Waals surface area contributed by atoms with Crippen LogP contribution in [0.4, 0.5) is 0 Å². The zero-order chi connectivity index (χ0) is 15.9. The first-order chi connectivity index (χ1) is 10.4. The van der Waals surface area contributed by atoms with Crippen molar-refractivity contribution in [1.82, 2.24) is 4.57 Å². The number of amides is 1. The molecular weight excluding hydrogens is 320 g/mol. The molecule has 7 heteroatoms. The summed E-state index contributed by atoms with van der Waals surface area (Å²) in [6.07, 6.45) is 3.98. The van der Waals surface area contributed by atoms with E-state index in [4.69, 9.17) is 0 Å². The van der Waals surface area contributed by atoms with Crippen molar-refractivity contribution < 1.29 is 13.2 Å². The van der Waals surface area contributed by atoms with Crippen LogP contribution < -0.4 is 4.80 Å². The quantitative estimate of drug-likeness (QED) is 0.859. The average molecular weight is 338 g/mol. The van der Waals surface area contributed by atoms with E-state index in [1.165, 1.54) is 17.6 Å². The van der Waals surface area contributed by atoms with Gasteiger partial charge in [0.05, 0.1) is 15.1 Å². The number of aryl methyl sites for hydroxylation is 1. The van der Waals surface area contributed by atoms with E-state index in [2.05, 4.69) is 11.9 Å². The van der Waals surface area contributed by atoms with Gasteiger partial charge in [0.25, 0.3) is 5.91 Å². The number of carbonyl (C=O) groups excluding carboxylic acids is 1. The van der Waals surface area contributed by atoms with E-state index < -0.39 is 9.84 Å². The second-order valence-corrected chi connectivity index (χ2v) is 8.69. The Bertz CT molecular complexity index is 903. The van der Waals surface area contributed by atoms with Crippen LogP contribution in [0.2, 0.25) is 0 Å². The van der Waals surface area contributed by atoms with Gasteiger partial charge >= 0.3 is 0 Å². The molecule has 22 heavy (non-hydrogen) atoms. The lowest BCUT2D eigenvalue weighted by Crippen LogP contribution is -2.17. The maximum absolute atomic E-state index is 12.0. The highest BCUT2D eigenvalue weighted by Crippen LogP contribution is 2.30. The van der Waals surface area contributed by atoms with Crippen LogP contribution in [-0.4, -0.2) is 25.1 Å². The van der Waals surface area contributed by atoms with E-state index in [1.54, 1.807) is 18.2 Å². The molecule has 0 N–H and O–H groups in total. The number of sulfone groups is 1. The smallest absolute Gasteiger partial charge is 0.251 e. The number of thiazole rings is 1. The van der Waals surface area contributed by atoms with Gasteiger partial charge in [-0.25, -0.2) is 8.42 Å². The molecule has 0 unspecified atom stereocenters. The number of hydrogen-bond donors (Lipinski definition) is 0. The second kappa shape index (κ2) is 5.62. The first-order valence-corrected chi connectivity index (χ1v) is 10.0. The highest BCUT2D eigenvalue weighted by atomic mass is 32.2. The summed E-state index contributed by atoms with van der Waals surface area (Å²) in [5, 5.41) is 0. The summed E-state index contributed by atoms with van der Waals surface area (Å²) < 4.78 is 26.2. The molecule has 118 valence electrons. The molecular formula is C15H18N2O3S2. The predicted octanol–water partition coefficient (Wildman–Crippen LogP) is 2.35. The fourth-order valence-electron chi connectivity index (χ4n) is 2.33. The van der Waals surface area contributed by atoms with Crippen LogP contribution in [0.1, 0.15) is 26.2 Å². The molecule has 0 radical (unpaired) electrons. The third-order valence-corrected chi connectivity index (χ3v) is 5.81. The largest absolute Gasteiger partial charge is 0.316 e. The molecule has 0 atom stereocenters. The van der Waals surface area contributed by atoms with Crippen LogP contribution in [0.25, 0.3) is 10.2 Å². The summed E-state index contributed by atoms with van der Waals surface area (Å²) in [6.45, 7) is 2.82. The van der Waals surface area contributed by atoms with Crippen molar-refractivity contribution in [2.75, 3.05) is 6.26 Å². The van der Waals surface area contributed by atoms with Crippen molar-refractivity contribution in [3.05, 3.63) is 23.0 Å². The number of aromatic nitrogens is 1. The lowest BCUT2D eigenvalue weighted by atomic mass is 10.3. The molecule has 5 nitrogen and oxygen atoms in total. The van der Waals surface area contributed by atoms with Crippen molar-refractivity contribution in [2.24, 2.45) is 10.9 Å². The topological polar surface area (TPSA) is 68.5 Å². The number of carbonyl (C=O) groups is 1. The van der Waals surface area contributed by atoms with Crippen molar-refractivity contribution in [3.63, 3.8) is 0 Å². The molecule has 0 bridgehead atoms. The zero-order valence-corrected chi connectivity index (χ0v) is 14.2. The Labute approximate surface area is 133 Å². The Kier molecular flexibility index (Phi) is 3.94. The van der Waals surface area contributed by atoms with Gasteiger partial charge in [0.1, 0.15) is 0 Å². The van der Waals surface area contributed by atoms with Gasteiger partial charge in [0.15, 0.2) is 14.6 Å². The van der Waals surface area contributed by atoms with E-state index in [0.717, 1.165) is 36.0 Å². The molecule has 1 heterocycles. The van der Waals surface area contributed by atoms with Gasteiger partial charge in [-0.15, -0.1) is 0 Å². The summed E-state index contributed by atoms with van der Waals surface area (Å²) in [6, 6.07) is 5.09. The fourth-order valence-corrected chi connectivity index (χ4v) is 4.15. The molecule has 1 aliphatic rings. The SMILES string of the molecule is CCCn1c(=NC(=O)C2CC2)sc2cc(S(C)(=O)=O)ccc21. The molecule has 1 aliphatic carbocycles. The van der Waals surface area contributed by atoms with E-state index in [0.29, 0.717) is 9.70 Å². The Hall–Kier alpha value is -1.47. The van der Waals surface area contributed by atoms with Crippen molar-refractivity contribution in [3.8, 4) is 0 Å². The van der Waals surface area contributed by atoms with Gasteiger partial charge < -0.3 is 4.57 Å². The Morgan fingerprint density at radius 1 is 1.41 bits per heavy atom.